The van der Waals surface area contributed by atoms with Gasteiger partial charge >= 0.3 is 0 Å². The zero-order valence-electron chi connectivity index (χ0n) is 5.92. The van der Waals surface area contributed by atoms with Crippen molar-refractivity contribution in [1.29, 1.82) is 0 Å². The molecule has 0 aliphatic heterocycles. The molecule has 4 nitrogen and oxygen atoms in total. The van der Waals surface area contributed by atoms with Crippen LogP contribution in [0.15, 0.2) is 6.33 Å². The second kappa shape index (κ2) is 3.22. The average Bonchev–Trinajstić information content (AvgIpc) is 2.36. The third-order valence-corrected chi connectivity index (χ3v) is 1.27. The lowest BCUT2D eigenvalue weighted by Crippen LogP contribution is -2.04. The Balaban J connectivity index is 2.70. The fraction of sp³-hybridized carbons (Fsp3) is 0.500. The first-order valence-electron chi connectivity index (χ1n) is 3.14. The van der Waals surface area contributed by atoms with Crippen LogP contribution in [0.4, 0.5) is 0 Å². The number of H-pyrrole nitrogens is 1. The van der Waals surface area contributed by atoms with E-state index in [2.05, 4.69) is 9.97 Å². The third kappa shape index (κ3) is 1.27. The van der Waals surface area contributed by atoms with Gasteiger partial charge < -0.3 is 15.5 Å². The number of aromatic nitrogens is 2. The SMILES string of the molecule is COc1nc[nH]c1CCN. The highest BCUT2D eigenvalue weighted by Crippen LogP contribution is 2.10. The minimum atomic E-state index is 0.610. The molecule has 0 bridgehead atoms. The molecule has 10 heavy (non-hydrogen) atoms. The molecule has 0 saturated carbocycles. The van der Waals surface area contributed by atoms with E-state index < -0.39 is 0 Å². The maximum absolute atomic E-state index is 5.34. The Morgan fingerprint density at radius 1 is 1.80 bits per heavy atom. The molecule has 3 N–H and O–H groups in total. The quantitative estimate of drug-likeness (QED) is 0.618. The topological polar surface area (TPSA) is 63.9 Å². The van der Waals surface area contributed by atoms with E-state index >= 15 is 0 Å². The Kier molecular flexibility index (Phi) is 2.28. The van der Waals surface area contributed by atoms with E-state index in [1.54, 1.807) is 13.4 Å². The molecule has 0 saturated heterocycles. The number of ether oxygens (including phenoxy) is 1. The van der Waals surface area contributed by atoms with E-state index in [1.165, 1.54) is 0 Å². The summed E-state index contributed by atoms with van der Waals surface area (Å²) >= 11 is 0. The lowest BCUT2D eigenvalue weighted by atomic mass is 10.3. The van der Waals surface area contributed by atoms with E-state index in [9.17, 15) is 0 Å². The smallest absolute Gasteiger partial charge is 0.234 e. The first-order valence-corrected chi connectivity index (χ1v) is 3.14. The number of methoxy groups -OCH3 is 1. The Morgan fingerprint density at radius 2 is 2.60 bits per heavy atom. The first kappa shape index (κ1) is 7.08. The normalized spacial score (nSPS) is 9.80. The van der Waals surface area contributed by atoms with Crippen LogP contribution in [0.5, 0.6) is 5.88 Å². The van der Waals surface area contributed by atoms with E-state index in [-0.39, 0.29) is 0 Å². The standard InChI is InChI=1S/C6H11N3O/c1-10-6-5(2-3-7)8-4-9-6/h4H,2-3,7H2,1H3,(H,8,9). The van der Waals surface area contributed by atoms with Crippen LogP contribution in [0.25, 0.3) is 0 Å². The van der Waals surface area contributed by atoms with Gasteiger partial charge in [0.25, 0.3) is 0 Å². The van der Waals surface area contributed by atoms with Crippen molar-refractivity contribution in [2.45, 2.75) is 6.42 Å². The predicted octanol–water partition coefficient (Wildman–Crippen LogP) is -0.0805. The summed E-state index contributed by atoms with van der Waals surface area (Å²) in [5, 5.41) is 0. The van der Waals surface area contributed by atoms with Crippen LogP contribution in [0.1, 0.15) is 5.69 Å². The summed E-state index contributed by atoms with van der Waals surface area (Å²) in [5.41, 5.74) is 6.30. The Morgan fingerprint density at radius 3 is 3.20 bits per heavy atom. The molecule has 4 heteroatoms. The molecular formula is C6H11N3O. The van der Waals surface area contributed by atoms with Gasteiger partial charge in [-0.1, -0.05) is 0 Å². The maximum atomic E-state index is 5.34. The molecular weight excluding hydrogens is 130 g/mol. The van der Waals surface area contributed by atoms with Gasteiger partial charge in [-0.25, -0.2) is 4.98 Å². The summed E-state index contributed by atoms with van der Waals surface area (Å²) in [6.07, 6.45) is 2.38. The van der Waals surface area contributed by atoms with E-state index in [4.69, 9.17) is 10.5 Å². The van der Waals surface area contributed by atoms with Crippen molar-refractivity contribution < 1.29 is 4.74 Å². The lowest BCUT2D eigenvalue weighted by molar-refractivity contribution is 0.395. The molecule has 0 amide bonds. The summed E-state index contributed by atoms with van der Waals surface area (Å²) in [6, 6.07) is 0. The van der Waals surface area contributed by atoms with Gasteiger partial charge in [-0.05, 0) is 6.54 Å². The fourth-order valence-electron chi connectivity index (χ4n) is 0.808. The first-order chi connectivity index (χ1) is 4.88. The monoisotopic (exact) mass is 141 g/mol. The number of nitrogens with two attached hydrogens (primary N) is 1. The van der Waals surface area contributed by atoms with Crippen molar-refractivity contribution in [3.8, 4) is 5.88 Å². The Labute approximate surface area is 59.4 Å². The van der Waals surface area contributed by atoms with Gasteiger partial charge in [0.05, 0.1) is 19.1 Å². The Hall–Kier alpha value is -1.03. The van der Waals surface area contributed by atoms with Crippen LogP contribution in [0.3, 0.4) is 0 Å². The van der Waals surface area contributed by atoms with Gasteiger partial charge in [-0.3, -0.25) is 0 Å². The summed E-state index contributed by atoms with van der Waals surface area (Å²) in [4.78, 5) is 6.86. The highest BCUT2D eigenvalue weighted by Gasteiger charge is 2.02. The van der Waals surface area contributed by atoms with Crippen LogP contribution in [0, 0.1) is 0 Å². The number of hydrogen-bond acceptors (Lipinski definition) is 3. The minimum absolute atomic E-state index is 0.610. The molecule has 0 aromatic carbocycles. The fourth-order valence-corrected chi connectivity index (χ4v) is 0.808. The van der Waals surface area contributed by atoms with E-state index in [1.807, 2.05) is 0 Å². The lowest BCUT2D eigenvalue weighted by Gasteiger charge is -1.96. The highest BCUT2D eigenvalue weighted by atomic mass is 16.5. The molecule has 0 atom stereocenters. The second-order valence-electron chi connectivity index (χ2n) is 1.93. The molecule has 56 valence electrons. The van der Waals surface area contributed by atoms with Crippen LogP contribution in [-0.4, -0.2) is 23.6 Å². The summed E-state index contributed by atoms with van der Waals surface area (Å²) in [6.45, 7) is 0.610. The average molecular weight is 141 g/mol. The Bertz CT molecular complexity index is 197. The molecule has 1 aromatic rings. The molecule has 0 radical (unpaired) electrons. The zero-order chi connectivity index (χ0) is 7.40. The number of aromatic amines is 1. The van der Waals surface area contributed by atoms with Crippen LogP contribution < -0.4 is 10.5 Å². The molecule has 0 fully saturated rings. The number of nitrogens with zero attached hydrogens (tertiary/aromatic N) is 1. The van der Waals surface area contributed by atoms with Crippen molar-refractivity contribution in [3.05, 3.63) is 12.0 Å². The predicted molar refractivity (Wildman–Crippen MR) is 37.9 cm³/mol. The summed E-state index contributed by atoms with van der Waals surface area (Å²) in [7, 11) is 1.59. The van der Waals surface area contributed by atoms with Gasteiger partial charge in [0, 0.05) is 6.42 Å². The van der Waals surface area contributed by atoms with Crippen LogP contribution in [0.2, 0.25) is 0 Å². The molecule has 0 aliphatic carbocycles. The van der Waals surface area contributed by atoms with E-state index in [0.717, 1.165) is 12.1 Å². The zero-order valence-corrected chi connectivity index (χ0v) is 5.92. The number of nitrogens with one attached hydrogen (secondary N) is 1. The minimum Gasteiger partial charge on any atom is -0.480 e. The van der Waals surface area contributed by atoms with Crippen molar-refractivity contribution >= 4 is 0 Å². The third-order valence-electron chi connectivity index (χ3n) is 1.27. The highest BCUT2D eigenvalue weighted by molar-refractivity contribution is 5.17. The van der Waals surface area contributed by atoms with Gasteiger partial charge in [0.2, 0.25) is 5.88 Å². The number of imidazole rings is 1. The summed E-state index contributed by atoms with van der Waals surface area (Å²) < 4.78 is 4.94. The second-order valence-corrected chi connectivity index (χ2v) is 1.93. The maximum Gasteiger partial charge on any atom is 0.234 e. The van der Waals surface area contributed by atoms with Gasteiger partial charge in [-0.2, -0.15) is 0 Å². The molecule has 1 heterocycles. The number of rotatable bonds is 3. The van der Waals surface area contributed by atoms with Crippen LogP contribution >= 0.6 is 0 Å². The van der Waals surface area contributed by atoms with Crippen molar-refractivity contribution in [3.63, 3.8) is 0 Å². The van der Waals surface area contributed by atoms with Crippen molar-refractivity contribution in [1.82, 2.24) is 9.97 Å². The van der Waals surface area contributed by atoms with E-state index in [0.29, 0.717) is 12.4 Å². The molecule has 1 aromatic heterocycles. The van der Waals surface area contributed by atoms with Gasteiger partial charge in [0.15, 0.2) is 0 Å². The molecule has 0 spiro atoms. The molecule has 1 rings (SSSR count). The van der Waals surface area contributed by atoms with Crippen molar-refractivity contribution in [2.75, 3.05) is 13.7 Å². The summed E-state index contributed by atoms with van der Waals surface area (Å²) in [5.74, 6) is 0.644. The van der Waals surface area contributed by atoms with Gasteiger partial charge in [0.1, 0.15) is 0 Å². The number of hydrogen-bond donors (Lipinski definition) is 2. The van der Waals surface area contributed by atoms with Crippen molar-refractivity contribution in [2.24, 2.45) is 5.73 Å². The molecule has 0 aliphatic rings. The molecule has 0 unspecified atom stereocenters. The largest absolute Gasteiger partial charge is 0.480 e. The van der Waals surface area contributed by atoms with Crippen LogP contribution in [-0.2, 0) is 6.42 Å². The van der Waals surface area contributed by atoms with Gasteiger partial charge in [-0.15, -0.1) is 0 Å².